The van der Waals surface area contributed by atoms with Crippen molar-refractivity contribution in [2.45, 2.75) is 20.3 Å². The standard InChI is InChI=1S/C11H19N3O2S/c1-3-12-6-4-8-17(15,16)14-11-5-7-13-9-10(11)2/h5,7,9,12H,3-4,6,8H2,1-2H3,(H,13,14). The summed E-state index contributed by atoms with van der Waals surface area (Å²) >= 11 is 0. The SMILES string of the molecule is CCNCCCS(=O)(=O)Nc1ccncc1C. The highest BCUT2D eigenvalue weighted by Crippen LogP contribution is 2.13. The summed E-state index contributed by atoms with van der Waals surface area (Å²) < 4.78 is 26.1. The zero-order chi connectivity index (χ0) is 12.7. The van der Waals surface area contributed by atoms with Gasteiger partial charge in [0.2, 0.25) is 10.0 Å². The summed E-state index contributed by atoms with van der Waals surface area (Å²) in [6.07, 6.45) is 3.81. The molecule has 0 atom stereocenters. The van der Waals surface area contributed by atoms with Gasteiger partial charge in [-0.1, -0.05) is 6.92 Å². The molecule has 0 aliphatic heterocycles. The molecule has 1 aromatic heterocycles. The van der Waals surface area contributed by atoms with Crippen molar-refractivity contribution in [1.29, 1.82) is 0 Å². The van der Waals surface area contributed by atoms with E-state index in [1.165, 1.54) is 0 Å². The predicted molar refractivity (Wildman–Crippen MR) is 69.5 cm³/mol. The van der Waals surface area contributed by atoms with Crippen molar-refractivity contribution in [2.75, 3.05) is 23.6 Å². The van der Waals surface area contributed by atoms with Crippen LogP contribution in [0.2, 0.25) is 0 Å². The minimum atomic E-state index is -3.26. The van der Waals surface area contributed by atoms with Gasteiger partial charge in [0.1, 0.15) is 0 Å². The largest absolute Gasteiger partial charge is 0.317 e. The molecule has 0 aromatic carbocycles. The lowest BCUT2D eigenvalue weighted by molar-refractivity contribution is 0.595. The minimum Gasteiger partial charge on any atom is -0.317 e. The number of pyridine rings is 1. The maximum absolute atomic E-state index is 11.8. The molecule has 0 radical (unpaired) electrons. The van der Waals surface area contributed by atoms with E-state index in [2.05, 4.69) is 15.0 Å². The summed E-state index contributed by atoms with van der Waals surface area (Å²) in [4.78, 5) is 3.92. The van der Waals surface area contributed by atoms with E-state index < -0.39 is 10.0 Å². The van der Waals surface area contributed by atoms with Gasteiger partial charge in [0.15, 0.2) is 0 Å². The second-order valence-electron chi connectivity index (χ2n) is 3.82. The Morgan fingerprint density at radius 1 is 1.41 bits per heavy atom. The molecule has 0 spiro atoms. The van der Waals surface area contributed by atoms with Crippen molar-refractivity contribution in [2.24, 2.45) is 0 Å². The average Bonchev–Trinajstić information content (AvgIpc) is 2.28. The number of rotatable bonds is 7. The fourth-order valence-electron chi connectivity index (χ4n) is 1.37. The van der Waals surface area contributed by atoms with Gasteiger partial charge >= 0.3 is 0 Å². The maximum atomic E-state index is 11.8. The topological polar surface area (TPSA) is 71.1 Å². The lowest BCUT2D eigenvalue weighted by atomic mass is 10.3. The van der Waals surface area contributed by atoms with Crippen LogP contribution in [0.1, 0.15) is 18.9 Å². The van der Waals surface area contributed by atoms with Crippen LogP contribution >= 0.6 is 0 Å². The number of nitrogens with one attached hydrogen (secondary N) is 2. The Bertz CT molecular complexity index is 446. The Balaban J connectivity index is 2.52. The molecule has 2 N–H and O–H groups in total. The third kappa shape index (κ3) is 5.14. The Labute approximate surface area is 103 Å². The highest BCUT2D eigenvalue weighted by atomic mass is 32.2. The van der Waals surface area contributed by atoms with Crippen molar-refractivity contribution in [3.63, 3.8) is 0 Å². The van der Waals surface area contributed by atoms with Gasteiger partial charge < -0.3 is 5.32 Å². The van der Waals surface area contributed by atoms with Gasteiger partial charge in [0, 0.05) is 12.4 Å². The second-order valence-corrected chi connectivity index (χ2v) is 5.66. The van der Waals surface area contributed by atoms with E-state index in [4.69, 9.17) is 0 Å². The van der Waals surface area contributed by atoms with E-state index in [1.54, 1.807) is 18.5 Å². The molecule has 0 fully saturated rings. The third-order valence-corrected chi connectivity index (χ3v) is 3.66. The lowest BCUT2D eigenvalue weighted by Crippen LogP contribution is -2.22. The van der Waals surface area contributed by atoms with E-state index in [-0.39, 0.29) is 5.75 Å². The van der Waals surface area contributed by atoms with Gasteiger partial charge in [-0.15, -0.1) is 0 Å². The summed E-state index contributed by atoms with van der Waals surface area (Å²) in [5, 5.41) is 3.09. The molecule has 0 aliphatic carbocycles. The Morgan fingerprint density at radius 3 is 2.82 bits per heavy atom. The molecule has 5 nitrogen and oxygen atoms in total. The monoisotopic (exact) mass is 257 g/mol. The Morgan fingerprint density at radius 2 is 2.18 bits per heavy atom. The van der Waals surface area contributed by atoms with E-state index in [9.17, 15) is 8.42 Å². The summed E-state index contributed by atoms with van der Waals surface area (Å²) in [7, 11) is -3.26. The summed E-state index contributed by atoms with van der Waals surface area (Å²) in [5.74, 6) is 0.127. The fourth-order valence-corrected chi connectivity index (χ4v) is 2.56. The van der Waals surface area contributed by atoms with Crippen LogP contribution in [0.5, 0.6) is 0 Å². The molecule has 17 heavy (non-hydrogen) atoms. The van der Waals surface area contributed by atoms with Crippen LogP contribution in [0.3, 0.4) is 0 Å². The zero-order valence-electron chi connectivity index (χ0n) is 10.2. The molecular formula is C11H19N3O2S. The summed E-state index contributed by atoms with van der Waals surface area (Å²) in [6.45, 7) is 5.39. The molecule has 0 unspecified atom stereocenters. The van der Waals surface area contributed by atoms with E-state index >= 15 is 0 Å². The van der Waals surface area contributed by atoms with Gasteiger partial charge in [-0.2, -0.15) is 0 Å². The van der Waals surface area contributed by atoms with Crippen LogP contribution in [0.15, 0.2) is 18.5 Å². The average molecular weight is 257 g/mol. The summed E-state index contributed by atoms with van der Waals surface area (Å²) in [5.41, 5.74) is 1.42. The van der Waals surface area contributed by atoms with Crippen LogP contribution in [-0.2, 0) is 10.0 Å². The van der Waals surface area contributed by atoms with Crippen LogP contribution < -0.4 is 10.0 Å². The number of hydrogen-bond donors (Lipinski definition) is 2. The van der Waals surface area contributed by atoms with E-state index in [0.29, 0.717) is 18.7 Å². The van der Waals surface area contributed by atoms with Gasteiger partial charge in [-0.3, -0.25) is 9.71 Å². The fraction of sp³-hybridized carbons (Fsp3) is 0.545. The van der Waals surface area contributed by atoms with Crippen LogP contribution in [0.25, 0.3) is 0 Å². The lowest BCUT2D eigenvalue weighted by Gasteiger charge is -2.09. The molecule has 96 valence electrons. The van der Waals surface area contributed by atoms with Gasteiger partial charge in [-0.05, 0) is 38.1 Å². The number of anilines is 1. The van der Waals surface area contributed by atoms with Crippen molar-refractivity contribution in [1.82, 2.24) is 10.3 Å². The number of aryl methyl sites for hydroxylation is 1. The summed E-state index contributed by atoms with van der Waals surface area (Å²) in [6, 6.07) is 1.66. The molecule has 0 aliphatic rings. The quantitative estimate of drug-likeness (QED) is 0.718. The van der Waals surface area contributed by atoms with E-state index in [1.807, 2.05) is 13.8 Å². The molecule has 6 heteroatoms. The van der Waals surface area contributed by atoms with Crippen LogP contribution in [0, 0.1) is 6.92 Å². The highest BCUT2D eigenvalue weighted by molar-refractivity contribution is 7.92. The smallest absolute Gasteiger partial charge is 0.232 e. The number of sulfonamides is 1. The molecule has 0 saturated carbocycles. The normalized spacial score (nSPS) is 11.4. The maximum Gasteiger partial charge on any atom is 0.232 e. The first kappa shape index (κ1) is 13.9. The first-order valence-electron chi connectivity index (χ1n) is 5.67. The first-order chi connectivity index (χ1) is 8.05. The van der Waals surface area contributed by atoms with Crippen molar-refractivity contribution < 1.29 is 8.42 Å². The van der Waals surface area contributed by atoms with Gasteiger partial charge in [0.25, 0.3) is 0 Å². The van der Waals surface area contributed by atoms with E-state index in [0.717, 1.165) is 12.1 Å². The number of nitrogens with zero attached hydrogens (tertiary/aromatic N) is 1. The number of hydrogen-bond acceptors (Lipinski definition) is 4. The highest BCUT2D eigenvalue weighted by Gasteiger charge is 2.10. The molecule has 0 amide bonds. The van der Waals surface area contributed by atoms with Crippen molar-refractivity contribution in [3.8, 4) is 0 Å². The van der Waals surface area contributed by atoms with Crippen molar-refractivity contribution >= 4 is 15.7 Å². The number of aromatic nitrogens is 1. The third-order valence-electron chi connectivity index (χ3n) is 2.30. The second kappa shape index (κ2) is 6.56. The molecule has 1 rings (SSSR count). The Kier molecular flexibility index (Phi) is 5.37. The first-order valence-corrected chi connectivity index (χ1v) is 7.32. The predicted octanol–water partition coefficient (Wildman–Crippen LogP) is 1.13. The molecule has 1 heterocycles. The molecule has 1 aromatic rings. The van der Waals surface area contributed by atoms with Gasteiger partial charge in [-0.25, -0.2) is 8.42 Å². The minimum absolute atomic E-state index is 0.127. The van der Waals surface area contributed by atoms with Crippen LogP contribution in [-0.4, -0.2) is 32.2 Å². The Hall–Kier alpha value is -1.14. The van der Waals surface area contributed by atoms with Crippen LogP contribution in [0.4, 0.5) is 5.69 Å². The van der Waals surface area contributed by atoms with Gasteiger partial charge in [0.05, 0.1) is 11.4 Å². The molecule has 0 saturated heterocycles. The van der Waals surface area contributed by atoms with Crippen molar-refractivity contribution in [3.05, 3.63) is 24.0 Å². The molecular weight excluding hydrogens is 238 g/mol. The zero-order valence-corrected chi connectivity index (χ0v) is 11.0. The molecule has 0 bridgehead atoms.